The van der Waals surface area contributed by atoms with Gasteiger partial charge in [0.25, 0.3) is 5.56 Å². The molecular weight excluding hydrogens is 234 g/mol. The van der Waals surface area contributed by atoms with Crippen LogP contribution in [-0.2, 0) is 4.74 Å². The normalized spacial score (nSPS) is 31.8. The Balaban J connectivity index is 2.42. The summed E-state index contributed by atoms with van der Waals surface area (Å²) in [5.41, 5.74) is -0.675. The van der Waals surface area contributed by atoms with Crippen molar-refractivity contribution in [2.24, 2.45) is 11.8 Å². The van der Waals surface area contributed by atoms with Crippen molar-refractivity contribution in [2.45, 2.75) is 46.4 Å². The van der Waals surface area contributed by atoms with Gasteiger partial charge in [0.15, 0.2) is 6.23 Å². The Hall–Kier alpha value is -1.43. The first-order chi connectivity index (χ1) is 8.45. The monoisotopic (exact) mass is 253 g/mol. The predicted molar refractivity (Wildman–Crippen MR) is 66.4 cm³/mol. The van der Waals surface area contributed by atoms with Crippen LogP contribution < -0.4 is 11.2 Å². The Morgan fingerprint density at radius 1 is 1.33 bits per heavy atom. The molecule has 0 bridgehead atoms. The van der Waals surface area contributed by atoms with Crippen molar-refractivity contribution >= 4 is 0 Å². The highest BCUT2D eigenvalue weighted by atomic mass is 16.5. The first-order valence-electron chi connectivity index (χ1n) is 6.31. The van der Waals surface area contributed by atoms with Crippen LogP contribution in [0, 0.1) is 18.8 Å². The van der Waals surface area contributed by atoms with E-state index in [0.717, 1.165) is 6.42 Å². The van der Waals surface area contributed by atoms with Gasteiger partial charge in [0.1, 0.15) is 5.69 Å². The summed E-state index contributed by atoms with van der Waals surface area (Å²) in [4.78, 5) is 25.4. The van der Waals surface area contributed by atoms with E-state index in [1.165, 1.54) is 4.68 Å². The first kappa shape index (κ1) is 13.0. The van der Waals surface area contributed by atoms with E-state index >= 15 is 0 Å². The van der Waals surface area contributed by atoms with Gasteiger partial charge in [0, 0.05) is 5.92 Å². The summed E-state index contributed by atoms with van der Waals surface area (Å²) in [5, 5.41) is 4.04. The molecule has 2 rings (SSSR count). The molecule has 100 valence electrons. The molecule has 1 aromatic rings. The van der Waals surface area contributed by atoms with Crippen molar-refractivity contribution in [2.75, 3.05) is 0 Å². The Morgan fingerprint density at radius 3 is 2.56 bits per heavy atom. The summed E-state index contributed by atoms with van der Waals surface area (Å²) in [7, 11) is 0. The highest BCUT2D eigenvalue weighted by Crippen LogP contribution is 2.38. The predicted octanol–water partition coefficient (Wildman–Crippen LogP) is 0.820. The zero-order valence-electron chi connectivity index (χ0n) is 11.1. The number of aryl methyl sites for hydroxylation is 1. The summed E-state index contributed by atoms with van der Waals surface area (Å²) in [6.07, 6.45) is 0.637. The van der Waals surface area contributed by atoms with Gasteiger partial charge in [-0.2, -0.15) is 9.78 Å². The molecule has 1 aromatic heterocycles. The molecule has 0 amide bonds. The molecule has 6 nitrogen and oxygen atoms in total. The maximum atomic E-state index is 11.8. The van der Waals surface area contributed by atoms with Crippen molar-refractivity contribution in [3.05, 3.63) is 26.5 Å². The molecule has 1 aliphatic rings. The zero-order valence-corrected chi connectivity index (χ0v) is 11.1. The number of rotatable bonds is 2. The molecular formula is C12H19N3O3. The number of aromatic amines is 1. The van der Waals surface area contributed by atoms with Crippen LogP contribution in [0.2, 0.25) is 0 Å². The number of nitrogens with zero attached hydrogens (tertiary/aromatic N) is 2. The third kappa shape index (κ3) is 2.01. The van der Waals surface area contributed by atoms with Crippen LogP contribution in [0.4, 0.5) is 0 Å². The minimum absolute atomic E-state index is 0.130. The van der Waals surface area contributed by atoms with Crippen LogP contribution >= 0.6 is 0 Å². The van der Waals surface area contributed by atoms with E-state index in [1.807, 2.05) is 6.92 Å². The van der Waals surface area contributed by atoms with Crippen molar-refractivity contribution in [3.63, 3.8) is 0 Å². The number of H-pyrrole nitrogens is 1. The molecule has 2 heterocycles. The van der Waals surface area contributed by atoms with Crippen molar-refractivity contribution in [1.29, 1.82) is 0 Å². The Kier molecular flexibility index (Phi) is 3.38. The van der Waals surface area contributed by atoms with E-state index in [-0.39, 0.29) is 17.7 Å². The number of nitrogens with one attached hydrogen (secondary N) is 1. The molecule has 18 heavy (non-hydrogen) atoms. The highest BCUT2D eigenvalue weighted by Gasteiger charge is 2.40. The van der Waals surface area contributed by atoms with E-state index in [1.54, 1.807) is 6.92 Å². The van der Waals surface area contributed by atoms with Crippen molar-refractivity contribution < 1.29 is 4.74 Å². The van der Waals surface area contributed by atoms with Gasteiger partial charge in [-0.05, 0) is 19.3 Å². The highest BCUT2D eigenvalue weighted by molar-refractivity contribution is 4.90. The van der Waals surface area contributed by atoms with Gasteiger partial charge >= 0.3 is 5.69 Å². The SMILES string of the molecule is CC[C@H]1O[C@@H](n2nc(C)c(=O)[nH]c2=O)C(C)C1C. The third-order valence-electron chi connectivity index (χ3n) is 3.84. The molecule has 1 saturated heterocycles. The molecule has 1 N–H and O–H groups in total. The molecule has 4 atom stereocenters. The lowest BCUT2D eigenvalue weighted by Crippen LogP contribution is -2.37. The smallest absolute Gasteiger partial charge is 0.347 e. The Labute approximate surface area is 105 Å². The maximum absolute atomic E-state index is 11.8. The maximum Gasteiger partial charge on any atom is 0.347 e. The molecule has 0 saturated carbocycles. The number of ether oxygens (including phenoxy) is 1. The molecule has 0 aliphatic carbocycles. The fraction of sp³-hybridized carbons (Fsp3) is 0.750. The van der Waals surface area contributed by atoms with Crippen molar-refractivity contribution in [1.82, 2.24) is 14.8 Å². The summed E-state index contributed by atoms with van der Waals surface area (Å²) >= 11 is 0. The van der Waals surface area contributed by atoms with Crippen LogP contribution in [0.3, 0.4) is 0 Å². The number of hydrogen-bond acceptors (Lipinski definition) is 4. The minimum atomic E-state index is -0.508. The molecule has 0 spiro atoms. The molecule has 0 aromatic carbocycles. The summed E-state index contributed by atoms with van der Waals surface area (Å²) in [6, 6.07) is 0. The van der Waals surface area contributed by atoms with Gasteiger partial charge in [-0.15, -0.1) is 0 Å². The van der Waals surface area contributed by atoms with Gasteiger partial charge in [0.05, 0.1) is 6.10 Å². The van der Waals surface area contributed by atoms with Crippen molar-refractivity contribution in [3.8, 4) is 0 Å². The van der Waals surface area contributed by atoms with Crippen LogP contribution in [0.1, 0.15) is 39.1 Å². The molecule has 0 radical (unpaired) electrons. The summed E-state index contributed by atoms with van der Waals surface area (Å²) < 4.78 is 7.13. The molecule has 1 aliphatic heterocycles. The number of hydrogen-bond donors (Lipinski definition) is 1. The van der Waals surface area contributed by atoms with Gasteiger partial charge < -0.3 is 4.74 Å². The van der Waals surface area contributed by atoms with Crippen LogP contribution in [0.15, 0.2) is 9.59 Å². The van der Waals surface area contributed by atoms with Gasteiger partial charge in [-0.1, -0.05) is 20.8 Å². The zero-order chi connectivity index (χ0) is 13.4. The lowest BCUT2D eigenvalue weighted by molar-refractivity contribution is -0.0255. The molecule has 6 heteroatoms. The van der Waals surface area contributed by atoms with E-state index in [4.69, 9.17) is 4.74 Å². The average Bonchev–Trinajstić information content (AvgIpc) is 2.61. The van der Waals surface area contributed by atoms with Crippen LogP contribution in [-0.4, -0.2) is 20.9 Å². The molecule has 1 fully saturated rings. The Morgan fingerprint density at radius 2 is 2.00 bits per heavy atom. The van der Waals surface area contributed by atoms with E-state index in [0.29, 0.717) is 5.92 Å². The van der Waals surface area contributed by atoms with E-state index in [9.17, 15) is 9.59 Å². The second kappa shape index (κ2) is 4.68. The second-order valence-electron chi connectivity index (χ2n) is 4.98. The average molecular weight is 253 g/mol. The van der Waals surface area contributed by atoms with Gasteiger partial charge in [-0.3, -0.25) is 9.78 Å². The quantitative estimate of drug-likeness (QED) is 0.846. The fourth-order valence-electron chi connectivity index (χ4n) is 2.44. The fourth-order valence-corrected chi connectivity index (χ4v) is 2.44. The number of aromatic nitrogens is 3. The van der Waals surface area contributed by atoms with Crippen LogP contribution in [0.25, 0.3) is 0 Å². The molecule has 2 unspecified atom stereocenters. The second-order valence-corrected chi connectivity index (χ2v) is 4.98. The summed E-state index contributed by atoms with van der Waals surface area (Å²) in [5.74, 6) is 0.548. The lowest BCUT2D eigenvalue weighted by atomic mass is 9.92. The lowest BCUT2D eigenvalue weighted by Gasteiger charge is -2.17. The van der Waals surface area contributed by atoms with E-state index in [2.05, 4.69) is 23.9 Å². The van der Waals surface area contributed by atoms with Gasteiger partial charge in [0.2, 0.25) is 0 Å². The Bertz CT molecular complexity index is 548. The summed E-state index contributed by atoms with van der Waals surface area (Å²) in [6.45, 7) is 7.79. The van der Waals surface area contributed by atoms with Gasteiger partial charge in [-0.25, -0.2) is 4.79 Å². The third-order valence-corrected chi connectivity index (χ3v) is 3.84. The first-order valence-corrected chi connectivity index (χ1v) is 6.31. The topological polar surface area (TPSA) is 77.0 Å². The minimum Gasteiger partial charge on any atom is -0.352 e. The standard InChI is InChI=1S/C12H19N3O3/c1-5-9-6(2)7(3)11(18-9)15-12(17)13-10(16)8(4)14-15/h6-7,9,11H,5H2,1-4H3,(H,13,16,17)/t6?,7?,9-,11-/m1/s1. The largest absolute Gasteiger partial charge is 0.352 e. The van der Waals surface area contributed by atoms with E-state index < -0.39 is 17.5 Å². The van der Waals surface area contributed by atoms with Crippen LogP contribution in [0.5, 0.6) is 0 Å².